The zero-order chi connectivity index (χ0) is 16.9. The molecule has 3 nitrogen and oxygen atoms in total. The van der Waals surface area contributed by atoms with Crippen molar-refractivity contribution in [3.05, 3.63) is 54.0 Å². The maximum absolute atomic E-state index is 13.9. The molecule has 0 saturated heterocycles. The molecule has 0 radical (unpaired) electrons. The van der Waals surface area contributed by atoms with Crippen LogP contribution in [-0.4, -0.2) is 32.2 Å². The molecule has 1 aromatic heterocycles. The maximum atomic E-state index is 13.9. The Morgan fingerprint density at radius 2 is 2.13 bits per heavy atom. The Balaban J connectivity index is 2.29. The van der Waals surface area contributed by atoms with Gasteiger partial charge >= 0.3 is 142 Å². The van der Waals surface area contributed by atoms with Crippen molar-refractivity contribution in [1.29, 1.82) is 0 Å². The van der Waals surface area contributed by atoms with Crippen molar-refractivity contribution < 1.29 is 9.18 Å². The summed E-state index contributed by atoms with van der Waals surface area (Å²) in [7, 11) is 0. The van der Waals surface area contributed by atoms with Crippen LogP contribution in [0.3, 0.4) is 0 Å². The predicted molar refractivity (Wildman–Crippen MR) is 92.0 cm³/mol. The average molecular weight is 372 g/mol. The van der Waals surface area contributed by atoms with Gasteiger partial charge in [-0.25, -0.2) is 0 Å². The fraction of sp³-hybridized carbons (Fsp3) is 0.222. The molecule has 2 atom stereocenters. The van der Waals surface area contributed by atoms with Crippen molar-refractivity contribution in [2.75, 3.05) is 0 Å². The minimum atomic E-state index is -1.05. The Hall–Kier alpha value is -2.11. The number of benzene rings is 1. The molecule has 0 fully saturated rings. The van der Waals surface area contributed by atoms with E-state index in [1.807, 2.05) is 6.92 Å². The number of hydrogen-bond acceptors (Lipinski definition) is 2. The van der Waals surface area contributed by atoms with Crippen molar-refractivity contribution in [3.63, 3.8) is 0 Å². The molecule has 1 unspecified atom stereocenters. The Bertz CT molecular complexity index is 757. The molecule has 1 amide bonds. The average Bonchev–Trinajstić information content (AvgIpc) is 2.57. The number of amides is 1. The molecule has 5 heteroatoms. The van der Waals surface area contributed by atoms with Crippen LogP contribution in [0.15, 0.2) is 42.6 Å². The molecule has 0 aliphatic carbocycles. The zero-order valence-corrected chi connectivity index (χ0v) is 15.2. The third-order valence-corrected chi connectivity index (χ3v) is 6.34. The predicted octanol–water partition coefficient (Wildman–Crippen LogP) is 1.14. The van der Waals surface area contributed by atoms with E-state index in [2.05, 4.69) is 16.2 Å². The number of carbonyl (C=O) groups is 1. The summed E-state index contributed by atoms with van der Waals surface area (Å²) in [5.74, 6) is 2.08. The Morgan fingerprint density at radius 3 is 2.78 bits per heavy atom. The van der Waals surface area contributed by atoms with Crippen LogP contribution in [0.5, 0.6) is 0 Å². The third-order valence-electron chi connectivity index (χ3n) is 3.59. The second-order valence-electron chi connectivity index (χ2n) is 5.29. The molecule has 0 aliphatic heterocycles. The van der Waals surface area contributed by atoms with Crippen LogP contribution in [0.4, 0.5) is 4.39 Å². The number of aromatic nitrogens is 1. The Morgan fingerprint density at radius 1 is 1.39 bits per heavy atom. The second-order valence-corrected chi connectivity index (χ2v) is 7.94. The van der Waals surface area contributed by atoms with Gasteiger partial charge in [0, 0.05) is 0 Å². The first kappa shape index (κ1) is 17.2. The summed E-state index contributed by atoms with van der Waals surface area (Å²) in [6, 6.07) is 10.0. The molecule has 0 aliphatic rings. The quantitative estimate of drug-likeness (QED) is 0.632. The van der Waals surface area contributed by atoms with Gasteiger partial charge in [0.2, 0.25) is 0 Å². The van der Waals surface area contributed by atoms with Crippen molar-refractivity contribution in [3.8, 4) is 12.3 Å². The molecule has 2 aromatic rings. The van der Waals surface area contributed by atoms with Crippen molar-refractivity contribution in [2.24, 2.45) is 0 Å². The summed E-state index contributed by atoms with van der Waals surface area (Å²) in [5.41, 5.74) is -0.243. The van der Waals surface area contributed by atoms with Crippen LogP contribution in [0.1, 0.15) is 30.6 Å². The van der Waals surface area contributed by atoms with Gasteiger partial charge in [-0.3, -0.25) is 0 Å². The number of hydrogen-bond donors (Lipinski definition) is 1. The van der Waals surface area contributed by atoms with E-state index in [4.69, 9.17) is 6.42 Å². The minimum absolute atomic E-state index is 0.258. The van der Waals surface area contributed by atoms with Gasteiger partial charge in [-0.1, -0.05) is 0 Å². The first-order valence-electron chi connectivity index (χ1n) is 7.26. The SMILES string of the molecule is C#C[C@](C)(CC)NC(=O)c1cccnc1[AsH]c1ccccc1F. The van der Waals surface area contributed by atoms with Gasteiger partial charge < -0.3 is 0 Å². The molecular formula is C18H18AsFN2O. The molecule has 1 N–H and O–H groups in total. The normalized spacial score (nSPS) is 13.5. The third kappa shape index (κ3) is 4.21. The van der Waals surface area contributed by atoms with E-state index < -0.39 is 21.3 Å². The van der Waals surface area contributed by atoms with E-state index in [0.717, 1.165) is 0 Å². The van der Waals surface area contributed by atoms with Crippen LogP contribution < -0.4 is 14.1 Å². The van der Waals surface area contributed by atoms with E-state index in [0.29, 0.717) is 20.8 Å². The van der Waals surface area contributed by atoms with E-state index >= 15 is 0 Å². The molecule has 1 aromatic carbocycles. The number of rotatable bonds is 5. The van der Waals surface area contributed by atoms with E-state index in [9.17, 15) is 9.18 Å². The number of halogens is 1. The number of terminal acetylenes is 1. The van der Waals surface area contributed by atoms with Gasteiger partial charge in [0.15, 0.2) is 0 Å². The number of nitrogens with zero attached hydrogens (tertiary/aromatic N) is 1. The molecule has 118 valence electrons. The van der Waals surface area contributed by atoms with E-state index in [-0.39, 0.29) is 11.7 Å². The molecule has 0 spiro atoms. The summed E-state index contributed by atoms with van der Waals surface area (Å²) in [4.78, 5) is 16.8. The summed E-state index contributed by atoms with van der Waals surface area (Å²) in [6.07, 6.45) is 7.74. The van der Waals surface area contributed by atoms with E-state index in [1.165, 1.54) is 6.07 Å². The second kappa shape index (κ2) is 7.44. The van der Waals surface area contributed by atoms with Gasteiger partial charge in [0.05, 0.1) is 0 Å². The zero-order valence-electron chi connectivity index (χ0n) is 13.1. The van der Waals surface area contributed by atoms with Crippen LogP contribution in [-0.2, 0) is 0 Å². The number of nitrogens with one attached hydrogen (secondary N) is 1. The summed E-state index contributed by atoms with van der Waals surface area (Å²) < 4.78 is 15.1. The van der Waals surface area contributed by atoms with Gasteiger partial charge in [-0.2, -0.15) is 0 Å². The fourth-order valence-corrected chi connectivity index (χ4v) is 4.25. The summed E-state index contributed by atoms with van der Waals surface area (Å²) in [6.45, 7) is 3.71. The fourth-order valence-electron chi connectivity index (χ4n) is 1.92. The first-order chi connectivity index (χ1) is 11.0. The molecular weight excluding hydrogens is 354 g/mol. The van der Waals surface area contributed by atoms with Gasteiger partial charge in [0.25, 0.3) is 0 Å². The molecule has 23 heavy (non-hydrogen) atoms. The van der Waals surface area contributed by atoms with Crippen LogP contribution in [0, 0.1) is 18.2 Å². The van der Waals surface area contributed by atoms with Crippen LogP contribution >= 0.6 is 0 Å². The summed E-state index contributed by atoms with van der Waals surface area (Å²) >= 11 is -1.05. The number of pyridine rings is 1. The van der Waals surface area contributed by atoms with Crippen LogP contribution in [0.25, 0.3) is 0 Å². The topological polar surface area (TPSA) is 42.0 Å². The van der Waals surface area contributed by atoms with Gasteiger partial charge in [0.1, 0.15) is 0 Å². The van der Waals surface area contributed by atoms with Gasteiger partial charge in [-0.05, 0) is 0 Å². The standard InChI is InChI=1S/C18H18AsFN2O/c1-4-18(3,5-2)22-17(23)13-9-8-12-21-16(13)19-14-10-6-7-11-15(14)20/h1,6-12,19H,5H2,2-3H3,(H,22,23)/t18-/m1/s1. The molecule has 1 heterocycles. The molecule has 0 bridgehead atoms. The molecule has 2 rings (SSSR count). The number of carbonyl (C=O) groups excluding carboxylic acids is 1. The van der Waals surface area contributed by atoms with Crippen molar-refractivity contribution in [2.45, 2.75) is 25.8 Å². The Labute approximate surface area is 142 Å². The van der Waals surface area contributed by atoms with Crippen molar-refractivity contribution >= 4 is 30.5 Å². The summed E-state index contributed by atoms with van der Waals surface area (Å²) in [5, 5.41) is 2.86. The Kier molecular flexibility index (Phi) is 5.58. The molecule has 0 saturated carbocycles. The monoisotopic (exact) mass is 372 g/mol. The van der Waals surface area contributed by atoms with Gasteiger partial charge in [-0.15, -0.1) is 0 Å². The van der Waals surface area contributed by atoms with Crippen molar-refractivity contribution in [1.82, 2.24) is 10.3 Å². The van der Waals surface area contributed by atoms with Crippen LogP contribution in [0.2, 0.25) is 0 Å². The first-order valence-corrected chi connectivity index (χ1v) is 9.36. The van der Waals surface area contributed by atoms with E-state index in [1.54, 1.807) is 43.5 Å².